The van der Waals surface area contributed by atoms with Gasteiger partial charge in [0.15, 0.2) is 5.78 Å². The van der Waals surface area contributed by atoms with E-state index in [0.29, 0.717) is 18.9 Å². The molecule has 0 radical (unpaired) electrons. The number of nitrogens with zero attached hydrogens (tertiary/aromatic N) is 1. The highest BCUT2D eigenvalue weighted by Crippen LogP contribution is 2.26. The van der Waals surface area contributed by atoms with Gasteiger partial charge in [-0.3, -0.25) is 4.79 Å². The van der Waals surface area contributed by atoms with E-state index in [1.807, 2.05) is 0 Å². The van der Waals surface area contributed by atoms with E-state index in [4.69, 9.17) is 4.74 Å². The van der Waals surface area contributed by atoms with Gasteiger partial charge in [0, 0.05) is 18.0 Å². The minimum Gasteiger partial charge on any atom is -0.378 e. The summed E-state index contributed by atoms with van der Waals surface area (Å²) in [5.41, 5.74) is 0.660. The third-order valence-electron chi connectivity index (χ3n) is 3.89. The highest BCUT2D eigenvalue weighted by atomic mass is 19.1. The normalized spacial score (nSPS) is 30.1. The fourth-order valence-corrected chi connectivity index (χ4v) is 2.94. The number of carbonyl (C=O) groups is 1. The smallest absolute Gasteiger partial charge is 0.184 e. The van der Waals surface area contributed by atoms with Gasteiger partial charge in [-0.1, -0.05) is 0 Å². The molecule has 1 aromatic heterocycles. The molecule has 3 rings (SSSR count). The molecule has 0 saturated carbocycles. The minimum absolute atomic E-state index is 0.0292. The van der Waals surface area contributed by atoms with Crippen molar-refractivity contribution in [2.45, 2.75) is 31.8 Å². The van der Waals surface area contributed by atoms with Crippen LogP contribution in [0.4, 0.5) is 4.39 Å². The van der Waals surface area contributed by atoms with Crippen molar-refractivity contribution < 1.29 is 13.9 Å². The van der Waals surface area contributed by atoms with Crippen LogP contribution in [0, 0.1) is 18.7 Å². The molecule has 2 bridgehead atoms. The summed E-state index contributed by atoms with van der Waals surface area (Å²) in [5, 5.41) is 3.45. The van der Waals surface area contributed by atoms with Gasteiger partial charge >= 0.3 is 0 Å². The van der Waals surface area contributed by atoms with Crippen molar-refractivity contribution in [2.24, 2.45) is 5.92 Å². The molecule has 102 valence electrons. The first-order valence-electron chi connectivity index (χ1n) is 6.64. The van der Waals surface area contributed by atoms with Crippen LogP contribution in [-0.4, -0.2) is 36.1 Å². The third-order valence-corrected chi connectivity index (χ3v) is 3.89. The van der Waals surface area contributed by atoms with E-state index < -0.39 is 0 Å². The molecule has 2 atom stereocenters. The molecule has 1 aromatic rings. The molecule has 0 aliphatic carbocycles. The Balaban J connectivity index is 1.78. The van der Waals surface area contributed by atoms with Crippen molar-refractivity contribution in [3.63, 3.8) is 0 Å². The van der Waals surface area contributed by atoms with Crippen LogP contribution in [0.15, 0.2) is 12.1 Å². The Bertz CT molecular complexity index is 494. The van der Waals surface area contributed by atoms with Crippen LogP contribution in [0.3, 0.4) is 0 Å². The molecular weight excluding hydrogens is 247 g/mol. The van der Waals surface area contributed by atoms with Crippen molar-refractivity contribution in [1.29, 1.82) is 0 Å². The molecule has 2 aliphatic heterocycles. The minimum atomic E-state index is -0.368. The number of carbonyl (C=O) groups excluding carboxylic acids is 1. The number of nitrogens with one attached hydrogen (secondary N) is 1. The Kier molecular flexibility index (Phi) is 3.33. The maximum absolute atomic E-state index is 13.2. The molecule has 3 heterocycles. The van der Waals surface area contributed by atoms with Gasteiger partial charge in [0.2, 0.25) is 0 Å². The quantitative estimate of drug-likeness (QED) is 0.822. The van der Waals surface area contributed by atoms with Crippen LogP contribution in [0.5, 0.6) is 0 Å². The molecule has 19 heavy (non-hydrogen) atoms. The van der Waals surface area contributed by atoms with Crippen molar-refractivity contribution >= 4 is 5.78 Å². The molecule has 0 spiro atoms. The molecule has 5 heteroatoms. The molecule has 0 amide bonds. The molecule has 0 aromatic carbocycles. The second-order valence-corrected chi connectivity index (χ2v) is 5.39. The molecule has 4 nitrogen and oxygen atoms in total. The van der Waals surface area contributed by atoms with Gasteiger partial charge < -0.3 is 10.1 Å². The van der Waals surface area contributed by atoms with Gasteiger partial charge in [-0.25, -0.2) is 9.37 Å². The fourth-order valence-electron chi connectivity index (χ4n) is 2.94. The number of pyridine rings is 1. The summed E-state index contributed by atoms with van der Waals surface area (Å²) in [7, 11) is 0. The van der Waals surface area contributed by atoms with Crippen molar-refractivity contribution in [3.8, 4) is 0 Å². The number of morpholine rings is 1. The van der Waals surface area contributed by atoms with E-state index in [2.05, 4.69) is 10.3 Å². The van der Waals surface area contributed by atoms with E-state index >= 15 is 0 Å². The first-order valence-corrected chi connectivity index (χ1v) is 6.64. The summed E-state index contributed by atoms with van der Waals surface area (Å²) < 4.78 is 18.7. The van der Waals surface area contributed by atoms with E-state index in [9.17, 15) is 9.18 Å². The first-order chi connectivity index (χ1) is 9.13. The van der Waals surface area contributed by atoms with Crippen molar-refractivity contribution in [1.82, 2.24) is 10.3 Å². The number of halogens is 1. The van der Waals surface area contributed by atoms with Crippen LogP contribution in [0.1, 0.15) is 29.0 Å². The zero-order chi connectivity index (χ0) is 13.4. The molecular formula is C14H17FN2O2. The number of hydrogen-bond acceptors (Lipinski definition) is 4. The number of aromatic nitrogens is 1. The Morgan fingerprint density at radius 2 is 2.05 bits per heavy atom. The lowest BCUT2D eigenvalue weighted by Crippen LogP contribution is -2.55. The summed E-state index contributed by atoms with van der Waals surface area (Å²) in [6, 6.07) is 3.31. The Labute approximate surface area is 111 Å². The van der Waals surface area contributed by atoms with Crippen LogP contribution in [-0.2, 0) is 4.74 Å². The summed E-state index contributed by atoms with van der Waals surface area (Å²) in [5.74, 6) is -0.369. The van der Waals surface area contributed by atoms with E-state index in [0.717, 1.165) is 12.8 Å². The van der Waals surface area contributed by atoms with Crippen LogP contribution < -0.4 is 5.32 Å². The summed E-state index contributed by atoms with van der Waals surface area (Å²) in [4.78, 5) is 16.5. The predicted molar refractivity (Wildman–Crippen MR) is 67.5 cm³/mol. The number of Topliss-reactive ketones (excluding diaryl/α,β-unsaturated/α-hetero) is 1. The van der Waals surface area contributed by atoms with Gasteiger partial charge in [0.1, 0.15) is 11.5 Å². The third kappa shape index (κ3) is 2.53. The molecule has 2 unspecified atom stereocenters. The van der Waals surface area contributed by atoms with Crippen molar-refractivity contribution in [3.05, 3.63) is 29.3 Å². The average molecular weight is 264 g/mol. The van der Waals surface area contributed by atoms with E-state index in [1.165, 1.54) is 12.1 Å². The van der Waals surface area contributed by atoms with Gasteiger partial charge in [0.05, 0.1) is 18.9 Å². The molecule has 1 N–H and O–H groups in total. The monoisotopic (exact) mass is 264 g/mol. The summed E-state index contributed by atoms with van der Waals surface area (Å²) in [6.07, 6.45) is 1.54. The average Bonchev–Trinajstić information content (AvgIpc) is 2.40. The van der Waals surface area contributed by atoms with Gasteiger partial charge in [0.25, 0.3) is 0 Å². The Morgan fingerprint density at radius 3 is 2.68 bits per heavy atom. The molecule has 2 fully saturated rings. The SMILES string of the molecule is Cc1nc(C(=O)C2CC3COCC(C2)N3)ccc1F. The largest absolute Gasteiger partial charge is 0.378 e. The topological polar surface area (TPSA) is 51.2 Å². The van der Waals surface area contributed by atoms with Crippen LogP contribution in [0.25, 0.3) is 0 Å². The molecule has 2 aliphatic rings. The Hall–Kier alpha value is -1.33. The van der Waals surface area contributed by atoms with Crippen LogP contribution in [0.2, 0.25) is 0 Å². The fraction of sp³-hybridized carbons (Fsp3) is 0.571. The zero-order valence-electron chi connectivity index (χ0n) is 10.9. The number of ether oxygens (including phenoxy) is 1. The van der Waals surface area contributed by atoms with Gasteiger partial charge in [-0.2, -0.15) is 0 Å². The van der Waals surface area contributed by atoms with Gasteiger partial charge in [-0.05, 0) is 31.9 Å². The first kappa shape index (κ1) is 12.7. The number of fused-ring (bicyclic) bond motifs is 2. The Morgan fingerprint density at radius 1 is 1.37 bits per heavy atom. The molecule has 2 saturated heterocycles. The maximum Gasteiger partial charge on any atom is 0.184 e. The zero-order valence-corrected chi connectivity index (χ0v) is 10.9. The lowest BCUT2D eigenvalue weighted by molar-refractivity contribution is 0.00942. The van der Waals surface area contributed by atoms with Crippen molar-refractivity contribution in [2.75, 3.05) is 13.2 Å². The summed E-state index contributed by atoms with van der Waals surface area (Å²) >= 11 is 0. The highest BCUT2D eigenvalue weighted by molar-refractivity contribution is 5.96. The standard InChI is InChI=1S/C14H17FN2O2/c1-8-12(15)2-3-13(16-8)14(18)9-4-10-6-19-7-11(5-9)17-10/h2-3,9-11,17H,4-7H2,1H3. The summed E-state index contributed by atoms with van der Waals surface area (Å²) in [6.45, 7) is 2.91. The number of ketones is 1. The maximum atomic E-state index is 13.2. The predicted octanol–water partition coefficient (Wildman–Crippen LogP) is 1.48. The number of aryl methyl sites for hydroxylation is 1. The van der Waals surface area contributed by atoms with Crippen LogP contribution >= 0.6 is 0 Å². The number of piperidine rings is 1. The van der Waals surface area contributed by atoms with E-state index in [-0.39, 0.29) is 35.3 Å². The number of rotatable bonds is 2. The van der Waals surface area contributed by atoms with E-state index in [1.54, 1.807) is 6.92 Å². The lowest BCUT2D eigenvalue weighted by Gasteiger charge is -2.39. The second kappa shape index (κ2) is 4.98. The number of hydrogen-bond donors (Lipinski definition) is 1. The highest BCUT2D eigenvalue weighted by Gasteiger charge is 2.35. The van der Waals surface area contributed by atoms with Gasteiger partial charge in [-0.15, -0.1) is 0 Å². The second-order valence-electron chi connectivity index (χ2n) is 5.39. The lowest BCUT2D eigenvalue weighted by atomic mass is 9.83.